The average Bonchev–Trinajstić information content (AvgIpc) is 2.45. The summed E-state index contributed by atoms with van der Waals surface area (Å²) in [4.78, 5) is 0. The van der Waals surface area contributed by atoms with Gasteiger partial charge in [-0.15, -0.1) is 0 Å². The molecule has 3 heteroatoms. The van der Waals surface area contributed by atoms with E-state index in [1.54, 1.807) is 0 Å². The molecule has 1 saturated heterocycles. The molecule has 1 N–H and O–H groups in total. The van der Waals surface area contributed by atoms with Crippen molar-refractivity contribution in [2.24, 2.45) is 5.92 Å². The highest BCUT2D eigenvalue weighted by Crippen LogP contribution is 2.13. The Morgan fingerprint density at radius 2 is 2.00 bits per heavy atom. The van der Waals surface area contributed by atoms with Gasteiger partial charge in [0.1, 0.15) is 12.4 Å². The third kappa shape index (κ3) is 5.07. The van der Waals surface area contributed by atoms with Crippen molar-refractivity contribution in [3.05, 3.63) is 30.3 Å². The summed E-state index contributed by atoms with van der Waals surface area (Å²) in [5.41, 5.74) is 0. The van der Waals surface area contributed by atoms with Gasteiger partial charge in [0.05, 0.1) is 6.61 Å². The molecular weight excluding hydrogens is 226 g/mol. The van der Waals surface area contributed by atoms with Gasteiger partial charge in [0.25, 0.3) is 0 Å². The van der Waals surface area contributed by atoms with Gasteiger partial charge in [-0.1, -0.05) is 18.2 Å². The molecule has 0 saturated carbocycles. The molecule has 1 aliphatic rings. The Morgan fingerprint density at radius 1 is 1.11 bits per heavy atom. The first kappa shape index (κ1) is 13.4. The monoisotopic (exact) mass is 249 g/mol. The molecule has 1 aromatic rings. The summed E-state index contributed by atoms with van der Waals surface area (Å²) in [5.74, 6) is 1.71. The molecule has 0 radical (unpaired) electrons. The van der Waals surface area contributed by atoms with Crippen LogP contribution in [0, 0.1) is 5.92 Å². The standard InChI is InChI=1S/C15H23NO2/c1-2-6-15(7-3-1)18-12-11-17-10-8-14-5-4-9-16-13-14/h1-3,6-7,14,16H,4-5,8-13H2. The van der Waals surface area contributed by atoms with Crippen LogP contribution in [-0.2, 0) is 4.74 Å². The summed E-state index contributed by atoms with van der Waals surface area (Å²) < 4.78 is 11.2. The summed E-state index contributed by atoms with van der Waals surface area (Å²) in [6, 6.07) is 9.88. The first-order valence-electron chi connectivity index (χ1n) is 6.91. The smallest absolute Gasteiger partial charge is 0.119 e. The molecule has 100 valence electrons. The molecule has 0 amide bonds. The van der Waals surface area contributed by atoms with E-state index in [1.807, 2.05) is 30.3 Å². The van der Waals surface area contributed by atoms with Crippen LogP contribution in [0.1, 0.15) is 19.3 Å². The van der Waals surface area contributed by atoms with Crippen molar-refractivity contribution in [2.45, 2.75) is 19.3 Å². The van der Waals surface area contributed by atoms with Gasteiger partial charge in [0.2, 0.25) is 0 Å². The van der Waals surface area contributed by atoms with E-state index in [-0.39, 0.29) is 0 Å². The predicted octanol–water partition coefficient (Wildman–Crippen LogP) is 2.47. The van der Waals surface area contributed by atoms with Gasteiger partial charge in [0, 0.05) is 6.61 Å². The van der Waals surface area contributed by atoms with Gasteiger partial charge < -0.3 is 14.8 Å². The number of rotatable bonds is 7. The Kier molecular flexibility index (Phi) is 6.03. The van der Waals surface area contributed by atoms with Crippen LogP contribution >= 0.6 is 0 Å². The lowest BCUT2D eigenvalue weighted by molar-refractivity contribution is 0.0875. The fourth-order valence-corrected chi connectivity index (χ4v) is 2.26. The van der Waals surface area contributed by atoms with Gasteiger partial charge in [-0.05, 0) is 50.4 Å². The van der Waals surface area contributed by atoms with Crippen LogP contribution in [0.4, 0.5) is 0 Å². The highest BCUT2D eigenvalue weighted by molar-refractivity contribution is 5.20. The minimum Gasteiger partial charge on any atom is -0.491 e. The molecule has 1 heterocycles. The SMILES string of the molecule is c1ccc(OCCOCCC2CCCNC2)cc1. The lowest BCUT2D eigenvalue weighted by atomic mass is 9.97. The first-order valence-corrected chi connectivity index (χ1v) is 6.91. The molecule has 1 aliphatic heterocycles. The van der Waals surface area contributed by atoms with E-state index in [9.17, 15) is 0 Å². The fraction of sp³-hybridized carbons (Fsp3) is 0.600. The maximum Gasteiger partial charge on any atom is 0.119 e. The van der Waals surface area contributed by atoms with Gasteiger partial charge in [-0.3, -0.25) is 0 Å². The Labute approximate surface area is 109 Å². The van der Waals surface area contributed by atoms with Crippen LogP contribution in [0.25, 0.3) is 0 Å². The van der Waals surface area contributed by atoms with Gasteiger partial charge >= 0.3 is 0 Å². The Morgan fingerprint density at radius 3 is 2.78 bits per heavy atom. The van der Waals surface area contributed by atoms with E-state index in [2.05, 4.69) is 5.32 Å². The molecule has 1 unspecified atom stereocenters. The highest BCUT2D eigenvalue weighted by atomic mass is 16.5. The third-order valence-corrected chi connectivity index (χ3v) is 3.31. The zero-order valence-corrected chi connectivity index (χ0v) is 10.9. The minimum absolute atomic E-state index is 0.632. The number of ether oxygens (including phenoxy) is 2. The first-order chi connectivity index (χ1) is 8.95. The minimum atomic E-state index is 0.632. The van der Waals surface area contributed by atoms with Gasteiger partial charge in [0.15, 0.2) is 0 Å². The Balaban J connectivity index is 1.46. The highest BCUT2D eigenvalue weighted by Gasteiger charge is 2.11. The zero-order valence-electron chi connectivity index (χ0n) is 10.9. The Hall–Kier alpha value is -1.06. The van der Waals surface area contributed by atoms with Crippen LogP contribution < -0.4 is 10.1 Å². The van der Waals surface area contributed by atoms with Crippen molar-refractivity contribution in [2.75, 3.05) is 32.9 Å². The van der Waals surface area contributed by atoms with Crippen LogP contribution in [0.3, 0.4) is 0 Å². The second-order valence-electron chi connectivity index (χ2n) is 4.77. The van der Waals surface area contributed by atoms with E-state index >= 15 is 0 Å². The molecule has 18 heavy (non-hydrogen) atoms. The van der Waals surface area contributed by atoms with Crippen molar-refractivity contribution in [3.8, 4) is 5.75 Å². The quantitative estimate of drug-likeness (QED) is 0.753. The number of nitrogens with one attached hydrogen (secondary N) is 1. The maximum atomic E-state index is 5.61. The molecule has 1 atom stereocenters. The van der Waals surface area contributed by atoms with Gasteiger partial charge in [-0.2, -0.15) is 0 Å². The molecule has 0 aromatic heterocycles. The van der Waals surface area contributed by atoms with Crippen LogP contribution in [0.5, 0.6) is 5.75 Å². The van der Waals surface area contributed by atoms with E-state index in [4.69, 9.17) is 9.47 Å². The summed E-state index contributed by atoms with van der Waals surface area (Å²) in [6.07, 6.45) is 3.82. The molecule has 1 fully saturated rings. The normalized spacial score (nSPS) is 19.7. The number of para-hydroxylation sites is 1. The molecule has 3 nitrogen and oxygen atoms in total. The van der Waals surface area contributed by atoms with E-state index < -0.39 is 0 Å². The fourth-order valence-electron chi connectivity index (χ4n) is 2.26. The van der Waals surface area contributed by atoms with Crippen molar-refractivity contribution in [1.82, 2.24) is 5.32 Å². The number of piperidine rings is 1. The molecule has 1 aromatic carbocycles. The molecule has 2 rings (SSSR count). The second kappa shape index (κ2) is 8.11. The van der Waals surface area contributed by atoms with E-state index in [1.165, 1.54) is 25.8 Å². The zero-order chi connectivity index (χ0) is 12.5. The van der Waals surface area contributed by atoms with E-state index in [0.29, 0.717) is 13.2 Å². The number of hydrogen-bond acceptors (Lipinski definition) is 3. The third-order valence-electron chi connectivity index (χ3n) is 3.31. The van der Waals surface area contributed by atoms with Crippen molar-refractivity contribution < 1.29 is 9.47 Å². The molecule has 0 spiro atoms. The number of benzene rings is 1. The van der Waals surface area contributed by atoms with Crippen LogP contribution in [0.2, 0.25) is 0 Å². The molecule has 0 bridgehead atoms. The predicted molar refractivity (Wildman–Crippen MR) is 73.0 cm³/mol. The van der Waals surface area contributed by atoms with E-state index in [0.717, 1.165) is 24.8 Å². The maximum absolute atomic E-state index is 5.61. The topological polar surface area (TPSA) is 30.5 Å². The lowest BCUT2D eigenvalue weighted by Crippen LogP contribution is -2.30. The second-order valence-corrected chi connectivity index (χ2v) is 4.77. The van der Waals surface area contributed by atoms with Crippen molar-refractivity contribution in [1.29, 1.82) is 0 Å². The summed E-state index contributed by atoms with van der Waals surface area (Å²) in [7, 11) is 0. The summed E-state index contributed by atoms with van der Waals surface area (Å²) in [6.45, 7) is 4.50. The molecule has 0 aliphatic carbocycles. The lowest BCUT2D eigenvalue weighted by Gasteiger charge is -2.22. The molecular formula is C15H23NO2. The summed E-state index contributed by atoms with van der Waals surface area (Å²) >= 11 is 0. The number of hydrogen-bond donors (Lipinski definition) is 1. The van der Waals surface area contributed by atoms with Crippen molar-refractivity contribution >= 4 is 0 Å². The Bertz CT molecular complexity index is 310. The van der Waals surface area contributed by atoms with Crippen molar-refractivity contribution in [3.63, 3.8) is 0 Å². The van der Waals surface area contributed by atoms with Crippen LogP contribution in [-0.4, -0.2) is 32.9 Å². The summed E-state index contributed by atoms with van der Waals surface area (Å²) in [5, 5.41) is 3.43. The van der Waals surface area contributed by atoms with Gasteiger partial charge in [-0.25, -0.2) is 0 Å². The largest absolute Gasteiger partial charge is 0.491 e. The average molecular weight is 249 g/mol. The van der Waals surface area contributed by atoms with Crippen LogP contribution in [0.15, 0.2) is 30.3 Å².